The van der Waals surface area contributed by atoms with Crippen LogP contribution in [0.15, 0.2) is 12.1 Å². The lowest BCUT2D eigenvalue weighted by molar-refractivity contribution is -0.945. The van der Waals surface area contributed by atoms with E-state index in [2.05, 4.69) is 24.0 Å². The van der Waals surface area contributed by atoms with Gasteiger partial charge in [0.05, 0.1) is 44.6 Å². The van der Waals surface area contributed by atoms with Crippen molar-refractivity contribution in [1.82, 2.24) is 0 Å². The molecule has 1 aromatic rings. The van der Waals surface area contributed by atoms with Gasteiger partial charge in [0.1, 0.15) is 0 Å². The number of likely N-dealkylation sites (N-methyl/N-ethyl adjacent to an activating group) is 1. The number of likely N-dealkylation sites (tertiary alicyclic amines) is 1. The summed E-state index contributed by atoms with van der Waals surface area (Å²) in [6.07, 6.45) is 5.26. The first-order chi connectivity index (χ1) is 13.4. The number of ether oxygens (including phenoxy) is 1. The lowest BCUT2D eigenvalue weighted by atomic mass is 9.98. The molecule has 1 aromatic carbocycles. The average Bonchev–Trinajstić information content (AvgIpc) is 2.72. The van der Waals surface area contributed by atoms with Gasteiger partial charge in [-0.05, 0) is 51.2 Å². The number of methoxy groups -OCH3 is 1. The van der Waals surface area contributed by atoms with Crippen molar-refractivity contribution in [3.8, 4) is 0 Å². The minimum Gasteiger partial charge on any atom is -0.465 e. The van der Waals surface area contributed by atoms with Crippen LogP contribution in [-0.4, -0.2) is 49.1 Å². The summed E-state index contributed by atoms with van der Waals surface area (Å²) >= 11 is 0. The van der Waals surface area contributed by atoms with Gasteiger partial charge in [0, 0.05) is 6.42 Å². The highest BCUT2D eigenvalue weighted by molar-refractivity contribution is 6.04. The molecule has 1 heterocycles. The van der Waals surface area contributed by atoms with Crippen LogP contribution in [0.2, 0.25) is 0 Å². The van der Waals surface area contributed by atoms with Gasteiger partial charge < -0.3 is 14.5 Å². The number of esters is 1. The summed E-state index contributed by atoms with van der Waals surface area (Å²) in [5.41, 5.74) is 1.74. The Labute approximate surface area is 168 Å². The van der Waals surface area contributed by atoms with Crippen molar-refractivity contribution in [2.45, 2.75) is 58.9 Å². The number of carbonyl (C=O) groups excluding carboxylic acids is 2. The molecule has 1 amide bonds. The minimum absolute atomic E-state index is 0.0468. The predicted molar refractivity (Wildman–Crippen MR) is 110 cm³/mol. The summed E-state index contributed by atoms with van der Waals surface area (Å²) in [5, 5.41) is 3.03. The highest BCUT2D eigenvalue weighted by atomic mass is 16.5. The zero-order valence-corrected chi connectivity index (χ0v) is 17.5. The number of nitrogens with zero attached hydrogens (tertiary/aromatic N) is 2. The second kappa shape index (κ2) is 9.70. The van der Waals surface area contributed by atoms with E-state index in [1.54, 1.807) is 13.0 Å². The summed E-state index contributed by atoms with van der Waals surface area (Å²) < 4.78 is 5.69. The maximum absolute atomic E-state index is 13.4. The normalized spacial score (nSPS) is 16.7. The molecule has 152 valence electrons. The number of aryl methyl sites for hydroxylation is 1. The van der Waals surface area contributed by atoms with Crippen LogP contribution in [0.5, 0.6) is 0 Å². The number of nitrogens with one attached hydrogen (secondary N) is 1. The monoisotopic (exact) mass is 386 g/mol. The number of carbonyl (C=O) groups is 2. The minimum atomic E-state index is -0.548. The molecule has 6 heteroatoms. The van der Waals surface area contributed by atoms with Gasteiger partial charge in [-0.25, -0.2) is 9.64 Å². The molecule has 6 nitrogen and oxygen atoms in total. The lowest BCUT2D eigenvalue weighted by Gasteiger charge is -2.46. The Morgan fingerprint density at radius 2 is 1.93 bits per heavy atom. The fourth-order valence-corrected chi connectivity index (χ4v) is 4.39. The predicted octanol–water partition coefficient (Wildman–Crippen LogP) is 4.46. The fourth-order valence-electron chi connectivity index (χ4n) is 4.39. The molecule has 1 fully saturated rings. The van der Waals surface area contributed by atoms with Crippen molar-refractivity contribution in [3.63, 3.8) is 0 Å². The Hall–Kier alpha value is -2.39. The molecule has 1 unspecified atom stereocenters. The van der Waals surface area contributed by atoms with Crippen LogP contribution in [-0.2, 0) is 9.53 Å². The zero-order valence-electron chi connectivity index (χ0n) is 17.5. The van der Waals surface area contributed by atoms with Crippen LogP contribution in [0, 0.1) is 13.5 Å². The van der Waals surface area contributed by atoms with Gasteiger partial charge in [0.15, 0.2) is 11.7 Å². The van der Waals surface area contributed by atoms with E-state index in [4.69, 9.17) is 11.3 Å². The van der Waals surface area contributed by atoms with Gasteiger partial charge in [-0.3, -0.25) is 4.79 Å². The topological polar surface area (TPSA) is 59.8 Å². The van der Waals surface area contributed by atoms with E-state index in [9.17, 15) is 9.59 Å². The first-order valence-corrected chi connectivity index (χ1v) is 10.2. The molecule has 1 N–H and O–H groups in total. The number of hydrogen-bond acceptors (Lipinski definition) is 3. The van der Waals surface area contributed by atoms with Crippen molar-refractivity contribution >= 4 is 23.3 Å². The summed E-state index contributed by atoms with van der Waals surface area (Å²) in [7, 11) is 1.30. The number of amides is 1. The van der Waals surface area contributed by atoms with Crippen molar-refractivity contribution in [2.75, 3.05) is 32.1 Å². The van der Waals surface area contributed by atoms with Crippen LogP contribution in [0.4, 0.5) is 11.4 Å². The zero-order chi connectivity index (χ0) is 20.7. The number of anilines is 1. The molecular formula is C22H32N3O3+. The third-order valence-electron chi connectivity index (χ3n) is 5.97. The molecule has 1 aliphatic heterocycles. The lowest BCUT2D eigenvalue weighted by Crippen LogP contribution is -2.62. The molecular weight excluding hydrogens is 354 g/mol. The molecule has 1 aliphatic rings. The highest BCUT2D eigenvalue weighted by Crippen LogP contribution is 2.31. The maximum atomic E-state index is 13.4. The van der Waals surface area contributed by atoms with E-state index >= 15 is 0 Å². The van der Waals surface area contributed by atoms with Gasteiger partial charge in [-0.15, -0.1) is 0 Å². The van der Waals surface area contributed by atoms with Crippen molar-refractivity contribution in [3.05, 3.63) is 34.7 Å². The van der Waals surface area contributed by atoms with Crippen LogP contribution in [0.1, 0.15) is 61.9 Å². The summed E-state index contributed by atoms with van der Waals surface area (Å²) in [5.74, 6) is -0.595. The molecule has 2 rings (SSSR count). The number of piperidine rings is 1. The second-order valence-electron chi connectivity index (χ2n) is 7.62. The van der Waals surface area contributed by atoms with Crippen molar-refractivity contribution in [2.24, 2.45) is 0 Å². The van der Waals surface area contributed by atoms with Gasteiger partial charge in [-0.2, -0.15) is 0 Å². The first-order valence-electron chi connectivity index (χ1n) is 10.2. The maximum Gasteiger partial charge on any atom is 0.338 e. The third-order valence-corrected chi connectivity index (χ3v) is 5.97. The summed E-state index contributed by atoms with van der Waals surface area (Å²) in [4.78, 5) is 29.1. The van der Waals surface area contributed by atoms with Crippen LogP contribution < -0.4 is 5.32 Å². The van der Waals surface area contributed by atoms with Gasteiger partial charge in [-0.1, -0.05) is 13.0 Å². The Bertz CT molecular complexity index is 761. The molecule has 0 spiro atoms. The standard InChI is InChI=1S/C22H31N3O3/c1-6-11-19(25(7-2)12-9-8-10-13-25)21(26)24-20-16(3)14-17(23-4)15-18(20)22(27)28-5/h14-15,19H,6-13H2,1-3,5H3/p+1. The fraction of sp³-hybridized carbons (Fsp3) is 0.591. The van der Waals surface area contributed by atoms with E-state index in [1.165, 1.54) is 19.6 Å². The van der Waals surface area contributed by atoms with E-state index in [0.29, 0.717) is 16.9 Å². The molecule has 0 radical (unpaired) electrons. The molecule has 0 aliphatic carbocycles. The van der Waals surface area contributed by atoms with E-state index in [-0.39, 0.29) is 17.5 Å². The Balaban J connectivity index is 2.40. The molecule has 0 aromatic heterocycles. The van der Waals surface area contributed by atoms with Gasteiger partial charge in [0.2, 0.25) is 0 Å². The molecule has 0 bridgehead atoms. The van der Waals surface area contributed by atoms with E-state index in [0.717, 1.165) is 49.8 Å². The van der Waals surface area contributed by atoms with E-state index < -0.39 is 5.97 Å². The van der Waals surface area contributed by atoms with Gasteiger partial charge >= 0.3 is 5.97 Å². The number of rotatable bonds is 7. The van der Waals surface area contributed by atoms with Crippen LogP contribution >= 0.6 is 0 Å². The number of quaternary nitrogens is 1. The Morgan fingerprint density at radius 1 is 1.25 bits per heavy atom. The number of hydrogen-bond donors (Lipinski definition) is 1. The largest absolute Gasteiger partial charge is 0.465 e. The Morgan fingerprint density at radius 3 is 2.46 bits per heavy atom. The molecule has 0 saturated carbocycles. The quantitative estimate of drug-likeness (QED) is 0.428. The Kier molecular flexibility index (Phi) is 7.59. The third kappa shape index (κ3) is 4.53. The molecule has 1 saturated heterocycles. The van der Waals surface area contributed by atoms with Crippen molar-refractivity contribution in [1.29, 1.82) is 0 Å². The summed E-state index contributed by atoms with van der Waals surface area (Å²) in [6, 6.07) is 3.04. The summed E-state index contributed by atoms with van der Waals surface area (Å²) in [6.45, 7) is 16.3. The van der Waals surface area contributed by atoms with Crippen LogP contribution in [0.3, 0.4) is 0 Å². The number of benzene rings is 1. The van der Waals surface area contributed by atoms with Gasteiger partial charge in [0.25, 0.3) is 5.91 Å². The smallest absolute Gasteiger partial charge is 0.338 e. The SMILES string of the molecule is [C-]#[N+]c1cc(C)c(NC(=O)C(CCC)[N+]2(CC)CCCCC2)c(C(=O)OC)c1. The van der Waals surface area contributed by atoms with Crippen molar-refractivity contribution < 1.29 is 18.8 Å². The van der Waals surface area contributed by atoms with E-state index in [1.807, 2.05) is 0 Å². The highest BCUT2D eigenvalue weighted by Gasteiger charge is 2.41. The average molecular weight is 387 g/mol. The first kappa shape index (κ1) is 21.9. The van der Waals surface area contributed by atoms with Crippen LogP contribution in [0.25, 0.3) is 4.85 Å². The molecule has 28 heavy (non-hydrogen) atoms. The molecule has 1 atom stereocenters. The second-order valence-corrected chi connectivity index (χ2v) is 7.62.